The number of nitrogens with one attached hydrogen (secondary N) is 1. The molecule has 7 nitrogen and oxygen atoms in total. The second-order valence-corrected chi connectivity index (χ2v) is 8.50. The van der Waals surface area contributed by atoms with Crippen molar-refractivity contribution in [1.29, 1.82) is 0 Å². The van der Waals surface area contributed by atoms with Crippen molar-refractivity contribution >= 4 is 17.7 Å². The zero-order valence-electron chi connectivity index (χ0n) is 16.9. The quantitative estimate of drug-likeness (QED) is 0.604. The van der Waals surface area contributed by atoms with E-state index in [0.717, 1.165) is 37.1 Å². The molecule has 2 aliphatic heterocycles. The fourth-order valence-corrected chi connectivity index (χ4v) is 3.49. The summed E-state index contributed by atoms with van der Waals surface area (Å²) in [4.78, 5) is 35.9. The van der Waals surface area contributed by atoms with Crippen LogP contribution in [0, 0.1) is 5.92 Å². The molecule has 1 aromatic carbocycles. The lowest BCUT2D eigenvalue weighted by Gasteiger charge is -2.32. The summed E-state index contributed by atoms with van der Waals surface area (Å²) in [6.45, 7) is 6.85. The van der Waals surface area contributed by atoms with Gasteiger partial charge in [-0.1, -0.05) is 18.6 Å². The largest absolute Gasteiger partial charge is 0.478 e. The Hall–Kier alpha value is -2.28. The van der Waals surface area contributed by atoms with Gasteiger partial charge in [0.1, 0.15) is 11.4 Å². The first kappa shape index (κ1) is 20.5. The summed E-state index contributed by atoms with van der Waals surface area (Å²) in [7, 11) is 0. The number of nitrogens with zero attached hydrogens (tertiary/aromatic N) is 1. The van der Waals surface area contributed by atoms with E-state index in [1.54, 1.807) is 4.90 Å². The standard InChI is InChI=1S/C21H30N2O5/c1-21(2,3)28-27-20(25)23-13-11-15(12-14-23)7-6-10-18-19(24)22-16-8-4-5-9-17(16)26-18/h4-5,8-9,15,18H,6-7,10-14H2,1-3H3,(H,22,24). The second-order valence-electron chi connectivity index (χ2n) is 8.50. The lowest BCUT2D eigenvalue weighted by molar-refractivity contribution is -0.305. The SMILES string of the molecule is CC(C)(C)OOC(=O)N1CCC(CCCC2Oc3ccccc3NC2=O)CC1. The number of anilines is 1. The number of hydrogen-bond donors (Lipinski definition) is 1. The van der Waals surface area contributed by atoms with Crippen LogP contribution in [0.25, 0.3) is 0 Å². The van der Waals surface area contributed by atoms with Gasteiger partial charge >= 0.3 is 6.09 Å². The molecule has 3 rings (SSSR count). The molecule has 1 unspecified atom stereocenters. The highest BCUT2D eigenvalue weighted by Crippen LogP contribution is 2.31. The highest BCUT2D eigenvalue weighted by Gasteiger charge is 2.29. The number of ether oxygens (including phenoxy) is 1. The fourth-order valence-electron chi connectivity index (χ4n) is 3.49. The van der Waals surface area contributed by atoms with Crippen molar-refractivity contribution < 1.29 is 24.1 Å². The van der Waals surface area contributed by atoms with Gasteiger partial charge in [0.2, 0.25) is 0 Å². The Labute approximate surface area is 166 Å². The van der Waals surface area contributed by atoms with Gasteiger partial charge in [-0.25, -0.2) is 4.79 Å². The topological polar surface area (TPSA) is 77.1 Å². The van der Waals surface area contributed by atoms with Crippen LogP contribution in [0.1, 0.15) is 52.9 Å². The molecule has 0 aromatic heterocycles. The van der Waals surface area contributed by atoms with Gasteiger partial charge in [-0.15, -0.1) is 0 Å². The molecule has 2 aliphatic rings. The minimum absolute atomic E-state index is 0.0740. The third kappa shape index (κ3) is 5.61. The third-order valence-corrected chi connectivity index (χ3v) is 5.02. The fraction of sp³-hybridized carbons (Fsp3) is 0.619. The normalized spacial score (nSPS) is 20.2. The number of hydrogen-bond acceptors (Lipinski definition) is 5. The number of rotatable bonds is 5. The monoisotopic (exact) mass is 390 g/mol. The van der Waals surface area contributed by atoms with E-state index in [-0.39, 0.29) is 5.91 Å². The van der Waals surface area contributed by atoms with Crippen LogP contribution in [0.2, 0.25) is 0 Å². The molecule has 1 aromatic rings. The molecule has 2 amide bonds. The maximum atomic E-state index is 12.2. The van der Waals surface area contributed by atoms with E-state index < -0.39 is 17.8 Å². The average Bonchev–Trinajstić information content (AvgIpc) is 2.66. The number of fused-ring (bicyclic) bond motifs is 1. The van der Waals surface area contributed by atoms with Crippen LogP contribution in [0.4, 0.5) is 10.5 Å². The van der Waals surface area contributed by atoms with Crippen molar-refractivity contribution in [2.75, 3.05) is 18.4 Å². The first-order valence-corrected chi connectivity index (χ1v) is 10.0. The maximum Gasteiger partial charge on any atom is 0.441 e. The van der Waals surface area contributed by atoms with Gasteiger partial charge in [0.15, 0.2) is 6.10 Å². The first-order valence-electron chi connectivity index (χ1n) is 10.0. The van der Waals surface area contributed by atoms with E-state index in [2.05, 4.69) is 5.32 Å². The predicted molar refractivity (Wildman–Crippen MR) is 105 cm³/mol. The van der Waals surface area contributed by atoms with E-state index in [4.69, 9.17) is 14.5 Å². The Bertz CT molecular complexity index is 692. The summed E-state index contributed by atoms with van der Waals surface area (Å²) in [6.07, 6.45) is 3.66. The molecule has 0 aliphatic carbocycles. The van der Waals surface area contributed by atoms with Crippen molar-refractivity contribution in [3.8, 4) is 5.75 Å². The molecule has 0 saturated carbocycles. The third-order valence-electron chi connectivity index (χ3n) is 5.02. The van der Waals surface area contributed by atoms with Crippen molar-refractivity contribution in [2.24, 2.45) is 5.92 Å². The number of piperidine rings is 1. The molecular weight excluding hydrogens is 360 g/mol. The molecule has 154 valence electrons. The van der Waals surface area contributed by atoms with Crippen molar-refractivity contribution in [3.63, 3.8) is 0 Å². The number of carbonyl (C=O) groups is 2. The van der Waals surface area contributed by atoms with Crippen molar-refractivity contribution in [2.45, 2.75) is 64.6 Å². The molecule has 1 saturated heterocycles. The molecular formula is C21H30N2O5. The Balaban J connectivity index is 1.36. The minimum atomic E-state index is -0.512. The van der Waals surface area contributed by atoms with Gasteiger partial charge < -0.3 is 15.0 Å². The highest BCUT2D eigenvalue weighted by molar-refractivity contribution is 5.97. The van der Waals surface area contributed by atoms with Crippen molar-refractivity contribution in [1.82, 2.24) is 4.90 Å². The Kier molecular flexibility index (Phi) is 6.44. The first-order chi connectivity index (χ1) is 13.3. The van der Waals surface area contributed by atoms with E-state index in [0.29, 0.717) is 25.4 Å². The summed E-state index contributed by atoms with van der Waals surface area (Å²) in [5.41, 5.74) is 0.223. The van der Waals surface area contributed by atoms with Crippen LogP contribution >= 0.6 is 0 Å². The van der Waals surface area contributed by atoms with Gasteiger partial charge in [0.25, 0.3) is 5.91 Å². The zero-order valence-corrected chi connectivity index (χ0v) is 16.9. The summed E-state index contributed by atoms with van der Waals surface area (Å²) < 4.78 is 5.84. The van der Waals surface area contributed by atoms with Gasteiger partial charge in [-0.3, -0.25) is 9.68 Å². The molecule has 28 heavy (non-hydrogen) atoms. The van der Waals surface area contributed by atoms with Crippen LogP contribution in [0.15, 0.2) is 24.3 Å². The number of likely N-dealkylation sites (tertiary alicyclic amines) is 1. The Morgan fingerprint density at radius 2 is 1.93 bits per heavy atom. The van der Waals surface area contributed by atoms with Gasteiger partial charge in [0.05, 0.1) is 5.69 Å². The molecule has 0 spiro atoms. The van der Waals surface area contributed by atoms with E-state index in [1.807, 2.05) is 45.0 Å². The van der Waals surface area contributed by atoms with E-state index in [9.17, 15) is 9.59 Å². The Morgan fingerprint density at radius 1 is 1.21 bits per heavy atom. The highest BCUT2D eigenvalue weighted by atomic mass is 17.2. The molecule has 0 radical (unpaired) electrons. The number of carbonyl (C=O) groups excluding carboxylic acids is 2. The Morgan fingerprint density at radius 3 is 2.64 bits per heavy atom. The van der Waals surface area contributed by atoms with E-state index in [1.165, 1.54) is 0 Å². The summed E-state index contributed by atoms with van der Waals surface area (Å²) in [6, 6.07) is 7.49. The van der Waals surface area contributed by atoms with Gasteiger partial charge in [0, 0.05) is 13.1 Å². The van der Waals surface area contributed by atoms with Crippen LogP contribution in [-0.2, 0) is 14.6 Å². The van der Waals surface area contributed by atoms with Crippen molar-refractivity contribution in [3.05, 3.63) is 24.3 Å². The number of amides is 2. The number of benzene rings is 1. The second kappa shape index (κ2) is 8.82. The smallest absolute Gasteiger partial charge is 0.441 e. The maximum absolute atomic E-state index is 12.2. The summed E-state index contributed by atoms with van der Waals surface area (Å²) >= 11 is 0. The lowest BCUT2D eigenvalue weighted by atomic mass is 9.91. The molecule has 7 heteroatoms. The molecule has 1 N–H and O–H groups in total. The predicted octanol–water partition coefficient (Wildman–Crippen LogP) is 4.14. The minimum Gasteiger partial charge on any atom is -0.478 e. The van der Waals surface area contributed by atoms with Crippen LogP contribution in [0.3, 0.4) is 0 Å². The van der Waals surface area contributed by atoms with E-state index >= 15 is 0 Å². The number of para-hydroxylation sites is 2. The summed E-state index contributed by atoms with van der Waals surface area (Å²) in [5, 5.41) is 2.91. The molecule has 2 heterocycles. The molecule has 1 fully saturated rings. The average molecular weight is 390 g/mol. The summed E-state index contributed by atoms with van der Waals surface area (Å²) in [5.74, 6) is 1.21. The lowest BCUT2D eigenvalue weighted by Crippen LogP contribution is -2.40. The van der Waals surface area contributed by atoms with Crippen LogP contribution < -0.4 is 10.1 Å². The molecule has 0 bridgehead atoms. The van der Waals surface area contributed by atoms with Crippen LogP contribution in [0.5, 0.6) is 5.75 Å². The molecule has 1 atom stereocenters. The zero-order chi connectivity index (χ0) is 20.1. The van der Waals surface area contributed by atoms with Crippen LogP contribution in [-0.4, -0.2) is 41.7 Å². The van der Waals surface area contributed by atoms with Gasteiger partial charge in [-0.2, -0.15) is 4.89 Å². The van der Waals surface area contributed by atoms with Gasteiger partial charge in [-0.05, 0) is 64.5 Å².